The standard InChI is InChI=1S/C19H13BrN2O5S/c20-13-6-10(5-12-17(23)21-19(28)22-18(12)24)1-3-14(13)25-8-11-2-4-15-16(7-11)27-9-26-15/h1-7H,8-9H2,(H2,21,22,23,24,28). The molecule has 0 unspecified atom stereocenters. The fourth-order valence-electron chi connectivity index (χ4n) is 2.69. The molecule has 1 fully saturated rings. The van der Waals surface area contributed by atoms with Crippen molar-refractivity contribution < 1.29 is 23.8 Å². The van der Waals surface area contributed by atoms with Crippen molar-refractivity contribution in [2.45, 2.75) is 6.61 Å². The van der Waals surface area contributed by atoms with Gasteiger partial charge in [0.15, 0.2) is 16.6 Å². The molecular formula is C19H13BrN2O5S. The van der Waals surface area contributed by atoms with E-state index in [2.05, 4.69) is 26.6 Å². The van der Waals surface area contributed by atoms with E-state index in [0.717, 1.165) is 11.3 Å². The lowest BCUT2D eigenvalue weighted by Crippen LogP contribution is -2.51. The number of halogens is 1. The minimum Gasteiger partial charge on any atom is -0.488 e. The molecule has 2 aromatic rings. The van der Waals surface area contributed by atoms with Gasteiger partial charge in [0, 0.05) is 0 Å². The first kappa shape index (κ1) is 18.5. The van der Waals surface area contributed by atoms with Crippen LogP contribution in [0.2, 0.25) is 0 Å². The van der Waals surface area contributed by atoms with E-state index in [-0.39, 0.29) is 17.5 Å². The number of hydrogen-bond acceptors (Lipinski definition) is 6. The SMILES string of the molecule is O=C1NC(=S)NC(=O)C1=Cc1ccc(OCc2ccc3c(c2)OCO3)c(Br)c1. The van der Waals surface area contributed by atoms with Crippen molar-refractivity contribution in [3.63, 3.8) is 0 Å². The second-order valence-electron chi connectivity index (χ2n) is 5.96. The molecule has 7 nitrogen and oxygen atoms in total. The van der Waals surface area contributed by atoms with Crippen molar-refractivity contribution in [1.82, 2.24) is 10.6 Å². The number of fused-ring (bicyclic) bond motifs is 1. The Morgan fingerprint density at radius 2 is 1.82 bits per heavy atom. The van der Waals surface area contributed by atoms with E-state index in [1.165, 1.54) is 6.08 Å². The molecular weight excluding hydrogens is 448 g/mol. The van der Waals surface area contributed by atoms with Gasteiger partial charge in [0.1, 0.15) is 17.9 Å². The summed E-state index contributed by atoms with van der Waals surface area (Å²) in [6.45, 7) is 0.571. The van der Waals surface area contributed by atoms with Crippen LogP contribution in [-0.4, -0.2) is 23.7 Å². The van der Waals surface area contributed by atoms with Crippen LogP contribution >= 0.6 is 28.1 Å². The molecule has 9 heteroatoms. The minimum absolute atomic E-state index is 0.000552. The average molecular weight is 461 g/mol. The summed E-state index contributed by atoms with van der Waals surface area (Å²) in [5.74, 6) is 0.976. The van der Waals surface area contributed by atoms with Gasteiger partial charge in [-0.25, -0.2) is 0 Å². The van der Waals surface area contributed by atoms with Crippen LogP contribution in [0.5, 0.6) is 17.2 Å². The summed E-state index contributed by atoms with van der Waals surface area (Å²) in [4.78, 5) is 23.9. The smallest absolute Gasteiger partial charge is 0.263 e. The number of carbonyl (C=O) groups is 2. The van der Waals surface area contributed by atoms with Crippen molar-refractivity contribution in [1.29, 1.82) is 0 Å². The van der Waals surface area contributed by atoms with E-state index in [0.29, 0.717) is 28.1 Å². The fourth-order valence-corrected chi connectivity index (χ4v) is 3.39. The average Bonchev–Trinajstić information content (AvgIpc) is 3.11. The highest BCUT2D eigenvalue weighted by Crippen LogP contribution is 2.33. The van der Waals surface area contributed by atoms with Gasteiger partial charge in [-0.3, -0.25) is 20.2 Å². The van der Waals surface area contributed by atoms with Crippen LogP contribution in [0.1, 0.15) is 11.1 Å². The number of amides is 2. The Balaban J connectivity index is 1.47. The van der Waals surface area contributed by atoms with Gasteiger partial charge in [0.05, 0.1) is 4.47 Å². The first-order valence-corrected chi connectivity index (χ1v) is 9.39. The number of hydrogen-bond donors (Lipinski definition) is 2. The molecule has 0 spiro atoms. The van der Waals surface area contributed by atoms with Crippen LogP contribution in [0.4, 0.5) is 0 Å². The van der Waals surface area contributed by atoms with Gasteiger partial charge in [0.2, 0.25) is 6.79 Å². The molecule has 2 aromatic carbocycles. The van der Waals surface area contributed by atoms with Crippen LogP contribution < -0.4 is 24.8 Å². The molecule has 2 aliphatic rings. The van der Waals surface area contributed by atoms with Gasteiger partial charge in [-0.1, -0.05) is 12.1 Å². The molecule has 0 radical (unpaired) electrons. The molecule has 0 aliphatic carbocycles. The first-order valence-electron chi connectivity index (χ1n) is 8.19. The highest BCUT2D eigenvalue weighted by Gasteiger charge is 2.25. The van der Waals surface area contributed by atoms with Crippen molar-refractivity contribution in [3.8, 4) is 17.2 Å². The second-order valence-corrected chi connectivity index (χ2v) is 7.22. The van der Waals surface area contributed by atoms with E-state index in [1.54, 1.807) is 18.2 Å². The predicted octanol–water partition coefficient (Wildman–Crippen LogP) is 2.67. The summed E-state index contributed by atoms with van der Waals surface area (Å²) >= 11 is 8.24. The van der Waals surface area contributed by atoms with Gasteiger partial charge in [-0.05, 0) is 69.6 Å². The minimum atomic E-state index is -0.534. The summed E-state index contributed by atoms with van der Waals surface area (Å²) in [6, 6.07) is 10.9. The monoisotopic (exact) mass is 460 g/mol. The molecule has 1 saturated heterocycles. The van der Waals surface area contributed by atoms with Gasteiger partial charge in [0.25, 0.3) is 11.8 Å². The topological polar surface area (TPSA) is 85.9 Å². The number of thiocarbonyl (C=S) groups is 1. The summed E-state index contributed by atoms with van der Waals surface area (Å²) in [5, 5.41) is 4.80. The Labute approximate surface area is 173 Å². The van der Waals surface area contributed by atoms with Crippen molar-refractivity contribution in [3.05, 3.63) is 57.6 Å². The molecule has 142 valence electrons. The number of rotatable bonds is 4. The molecule has 0 atom stereocenters. The fraction of sp³-hybridized carbons (Fsp3) is 0.105. The molecule has 0 aromatic heterocycles. The quantitative estimate of drug-likeness (QED) is 0.414. The third kappa shape index (κ3) is 3.85. The van der Waals surface area contributed by atoms with Crippen molar-refractivity contribution in [2.24, 2.45) is 0 Å². The summed E-state index contributed by atoms with van der Waals surface area (Å²) in [5.41, 5.74) is 1.58. The van der Waals surface area contributed by atoms with E-state index >= 15 is 0 Å². The lowest BCUT2D eigenvalue weighted by atomic mass is 10.1. The number of carbonyl (C=O) groups excluding carboxylic acids is 2. The summed E-state index contributed by atoms with van der Waals surface area (Å²) in [7, 11) is 0. The Bertz CT molecular complexity index is 1010. The van der Waals surface area contributed by atoms with Crippen LogP contribution in [0.15, 0.2) is 46.4 Å². The molecule has 2 aliphatic heterocycles. The second kappa shape index (κ2) is 7.61. The summed E-state index contributed by atoms with van der Waals surface area (Å²) in [6.07, 6.45) is 1.48. The predicted molar refractivity (Wildman–Crippen MR) is 108 cm³/mol. The maximum Gasteiger partial charge on any atom is 0.263 e. The Morgan fingerprint density at radius 1 is 1.07 bits per heavy atom. The number of benzene rings is 2. The Morgan fingerprint density at radius 3 is 2.57 bits per heavy atom. The zero-order chi connectivity index (χ0) is 19.7. The van der Waals surface area contributed by atoms with Crippen molar-refractivity contribution >= 4 is 51.2 Å². The third-order valence-corrected chi connectivity index (χ3v) is 4.87. The van der Waals surface area contributed by atoms with Gasteiger partial charge in [-0.2, -0.15) is 0 Å². The first-order chi connectivity index (χ1) is 13.5. The van der Waals surface area contributed by atoms with Crippen LogP contribution in [0.3, 0.4) is 0 Å². The van der Waals surface area contributed by atoms with Crippen LogP contribution in [0, 0.1) is 0 Å². The molecule has 2 heterocycles. The van der Waals surface area contributed by atoms with E-state index in [4.69, 9.17) is 26.4 Å². The van der Waals surface area contributed by atoms with Gasteiger partial charge < -0.3 is 14.2 Å². The molecule has 4 rings (SSSR count). The molecule has 0 saturated carbocycles. The normalized spacial score (nSPS) is 15.2. The molecule has 2 amide bonds. The third-order valence-electron chi connectivity index (χ3n) is 4.04. The van der Waals surface area contributed by atoms with E-state index < -0.39 is 11.8 Å². The lowest BCUT2D eigenvalue weighted by molar-refractivity contribution is -0.123. The molecule has 28 heavy (non-hydrogen) atoms. The van der Waals surface area contributed by atoms with E-state index in [9.17, 15) is 9.59 Å². The maximum atomic E-state index is 11.9. The largest absolute Gasteiger partial charge is 0.488 e. The van der Waals surface area contributed by atoms with Crippen LogP contribution in [-0.2, 0) is 16.2 Å². The number of ether oxygens (including phenoxy) is 3. The zero-order valence-electron chi connectivity index (χ0n) is 14.3. The maximum absolute atomic E-state index is 11.9. The number of nitrogens with one attached hydrogen (secondary N) is 2. The van der Waals surface area contributed by atoms with Crippen molar-refractivity contribution in [2.75, 3.05) is 6.79 Å². The van der Waals surface area contributed by atoms with E-state index in [1.807, 2.05) is 18.2 Å². The lowest BCUT2D eigenvalue weighted by Gasteiger charge is -2.16. The highest BCUT2D eigenvalue weighted by molar-refractivity contribution is 9.10. The zero-order valence-corrected chi connectivity index (χ0v) is 16.7. The summed E-state index contributed by atoms with van der Waals surface area (Å²) < 4.78 is 17.2. The van der Waals surface area contributed by atoms with Crippen LogP contribution in [0.25, 0.3) is 6.08 Å². The highest BCUT2D eigenvalue weighted by atomic mass is 79.9. The Hall–Kier alpha value is -2.91. The Kier molecular flexibility index (Phi) is 5.01. The van der Waals surface area contributed by atoms with Gasteiger partial charge in [-0.15, -0.1) is 0 Å². The van der Waals surface area contributed by atoms with Gasteiger partial charge >= 0.3 is 0 Å². The molecule has 0 bridgehead atoms. The molecule has 2 N–H and O–H groups in total.